The Hall–Kier alpha value is -6.58. The molecule has 232 valence electrons. The van der Waals surface area contributed by atoms with Gasteiger partial charge in [0.2, 0.25) is 0 Å². The maximum atomic E-state index is 5.08. The lowest BCUT2D eigenvalue weighted by atomic mass is 9.87. The number of aromatic nitrogens is 3. The van der Waals surface area contributed by atoms with Crippen LogP contribution in [0.1, 0.15) is 5.82 Å². The SMILES string of the molecule is Cc1nc2cc(-c3ccc(-c4cc5ccc6cccc7c8cccc9ccc%10cccc(c(c4)c5c67)c%10c98)nc3)ccc2n1-c1ccccc1. The van der Waals surface area contributed by atoms with Gasteiger partial charge in [0, 0.05) is 23.0 Å². The second-order valence-corrected chi connectivity index (χ2v) is 13.4. The summed E-state index contributed by atoms with van der Waals surface area (Å²) in [4.78, 5) is 9.99. The summed E-state index contributed by atoms with van der Waals surface area (Å²) < 4.78 is 2.21. The first-order chi connectivity index (χ1) is 24.7. The molecule has 2 heterocycles. The summed E-state index contributed by atoms with van der Waals surface area (Å²) in [6.45, 7) is 2.06. The van der Waals surface area contributed by atoms with Gasteiger partial charge in [0.05, 0.1) is 16.7 Å². The third kappa shape index (κ3) is 3.86. The molecule has 0 amide bonds. The largest absolute Gasteiger partial charge is 0.297 e. The van der Waals surface area contributed by atoms with Gasteiger partial charge in [-0.15, -0.1) is 0 Å². The Kier molecular flexibility index (Phi) is 5.59. The van der Waals surface area contributed by atoms with E-state index in [4.69, 9.17) is 9.97 Å². The number of hydrogen-bond acceptors (Lipinski definition) is 2. The van der Waals surface area contributed by atoms with Gasteiger partial charge in [-0.2, -0.15) is 0 Å². The van der Waals surface area contributed by atoms with Gasteiger partial charge in [0.25, 0.3) is 0 Å². The van der Waals surface area contributed by atoms with E-state index in [0.29, 0.717) is 0 Å². The number of pyridine rings is 1. The van der Waals surface area contributed by atoms with E-state index in [-0.39, 0.29) is 0 Å². The van der Waals surface area contributed by atoms with Crippen molar-refractivity contribution in [2.45, 2.75) is 6.92 Å². The highest BCUT2D eigenvalue weighted by molar-refractivity contribution is 6.37. The minimum atomic E-state index is 0.957. The Balaban J connectivity index is 1.12. The van der Waals surface area contributed by atoms with Crippen LogP contribution in [-0.2, 0) is 0 Å². The zero-order valence-electron chi connectivity index (χ0n) is 27.4. The van der Waals surface area contributed by atoms with Gasteiger partial charge in [-0.1, -0.05) is 109 Å². The lowest BCUT2D eigenvalue weighted by Gasteiger charge is -2.17. The molecule has 11 rings (SSSR count). The van der Waals surface area contributed by atoms with Crippen molar-refractivity contribution in [3.8, 4) is 28.1 Å². The molecule has 0 bridgehead atoms. The molecule has 2 aromatic heterocycles. The Labute approximate surface area is 288 Å². The number of imidazole rings is 1. The van der Waals surface area contributed by atoms with Crippen molar-refractivity contribution in [3.05, 3.63) is 164 Å². The second-order valence-electron chi connectivity index (χ2n) is 13.4. The van der Waals surface area contributed by atoms with Crippen LogP contribution in [0.15, 0.2) is 158 Å². The summed E-state index contributed by atoms with van der Waals surface area (Å²) in [7, 11) is 0. The maximum absolute atomic E-state index is 5.08. The van der Waals surface area contributed by atoms with Crippen LogP contribution in [0.4, 0.5) is 0 Å². The summed E-state index contributed by atoms with van der Waals surface area (Å²) in [6, 6.07) is 55.3. The Morgan fingerprint density at radius 1 is 0.440 bits per heavy atom. The monoisotopic (exact) mass is 635 g/mol. The zero-order valence-corrected chi connectivity index (χ0v) is 27.4. The predicted octanol–water partition coefficient (Wildman–Crippen LogP) is 12.4. The molecular weight excluding hydrogens is 607 g/mol. The number of para-hydroxylation sites is 1. The van der Waals surface area contributed by atoms with Crippen LogP contribution in [0.3, 0.4) is 0 Å². The van der Waals surface area contributed by atoms with E-state index >= 15 is 0 Å². The molecule has 9 aromatic carbocycles. The van der Waals surface area contributed by atoms with Crippen molar-refractivity contribution >= 4 is 75.7 Å². The molecule has 0 spiro atoms. The van der Waals surface area contributed by atoms with Crippen molar-refractivity contribution in [3.63, 3.8) is 0 Å². The molecule has 0 radical (unpaired) electrons. The molecule has 3 heteroatoms. The van der Waals surface area contributed by atoms with Crippen LogP contribution in [0.2, 0.25) is 0 Å². The van der Waals surface area contributed by atoms with Gasteiger partial charge in [-0.25, -0.2) is 4.98 Å². The van der Waals surface area contributed by atoms with Gasteiger partial charge < -0.3 is 0 Å². The summed E-state index contributed by atoms with van der Waals surface area (Å²) in [6.07, 6.45) is 2.00. The summed E-state index contributed by atoms with van der Waals surface area (Å²) in [5.41, 5.74) is 7.44. The first-order valence-electron chi connectivity index (χ1n) is 17.2. The molecule has 50 heavy (non-hydrogen) atoms. The molecule has 0 aliphatic heterocycles. The molecule has 0 atom stereocenters. The Morgan fingerprint density at radius 3 is 1.68 bits per heavy atom. The Bertz CT molecular complexity index is 3130. The molecule has 0 saturated heterocycles. The number of fused-ring (bicyclic) bond motifs is 3. The lowest BCUT2D eigenvalue weighted by Crippen LogP contribution is -1.95. The number of benzene rings is 8. The molecule has 11 aromatic rings. The lowest BCUT2D eigenvalue weighted by molar-refractivity contribution is 1.00. The number of nitrogens with zero attached hydrogens (tertiary/aromatic N) is 3. The molecular formula is C47H29N3. The van der Waals surface area contributed by atoms with Gasteiger partial charge in [0.1, 0.15) is 5.82 Å². The van der Waals surface area contributed by atoms with Gasteiger partial charge in [0.15, 0.2) is 0 Å². The smallest absolute Gasteiger partial charge is 0.111 e. The summed E-state index contributed by atoms with van der Waals surface area (Å²) >= 11 is 0. The second kappa shape index (κ2) is 10.2. The van der Waals surface area contributed by atoms with Crippen molar-refractivity contribution in [1.82, 2.24) is 14.5 Å². The minimum Gasteiger partial charge on any atom is -0.297 e. The van der Waals surface area contributed by atoms with Gasteiger partial charge >= 0.3 is 0 Å². The van der Waals surface area contributed by atoms with Crippen molar-refractivity contribution in [2.24, 2.45) is 0 Å². The van der Waals surface area contributed by atoms with E-state index in [1.807, 2.05) is 12.3 Å². The topological polar surface area (TPSA) is 30.7 Å². The third-order valence-corrected chi connectivity index (χ3v) is 10.7. The molecule has 0 N–H and O–H groups in total. The van der Waals surface area contributed by atoms with Gasteiger partial charge in [-0.3, -0.25) is 9.55 Å². The zero-order chi connectivity index (χ0) is 32.9. The summed E-state index contributed by atoms with van der Waals surface area (Å²) in [5, 5.41) is 15.4. The van der Waals surface area contributed by atoms with Crippen LogP contribution >= 0.6 is 0 Å². The number of hydrogen-bond donors (Lipinski definition) is 0. The van der Waals surface area contributed by atoms with E-state index in [2.05, 4.69) is 157 Å². The summed E-state index contributed by atoms with van der Waals surface area (Å²) in [5.74, 6) is 0.971. The highest BCUT2D eigenvalue weighted by Gasteiger charge is 2.17. The highest BCUT2D eigenvalue weighted by atomic mass is 15.1. The number of aryl methyl sites for hydroxylation is 1. The van der Waals surface area contributed by atoms with Crippen molar-refractivity contribution in [1.29, 1.82) is 0 Å². The van der Waals surface area contributed by atoms with Crippen LogP contribution in [0.5, 0.6) is 0 Å². The first kappa shape index (κ1) is 27.4. The molecule has 0 unspecified atom stereocenters. The van der Waals surface area contributed by atoms with Crippen molar-refractivity contribution < 1.29 is 0 Å². The van der Waals surface area contributed by atoms with Crippen LogP contribution in [0.25, 0.3) is 104 Å². The molecule has 3 nitrogen and oxygen atoms in total. The Morgan fingerprint density at radius 2 is 1.04 bits per heavy atom. The first-order valence-corrected chi connectivity index (χ1v) is 17.2. The predicted molar refractivity (Wildman–Crippen MR) is 211 cm³/mol. The maximum Gasteiger partial charge on any atom is 0.111 e. The fourth-order valence-electron chi connectivity index (χ4n) is 8.45. The van der Waals surface area contributed by atoms with E-state index in [0.717, 1.165) is 44.9 Å². The normalized spacial score (nSPS) is 12.1. The average Bonchev–Trinajstić information content (AvgIpc) is 3.51. The highest BCUT2D eigenvalue weighted by Crippen LogP contribution is 2.44. The average molecular weight is 636 g/mol. The molecule has 0 saturated carbocycles. The quantitative estimate of drug-likeness (QED) is 0.181. The molecule has 0 aliphatic rings. The number of rotatable bonds is 3. The molecule has 0 aliphatic carbocycles. The fourth-order valence-corrected chi connectivity index (χ4v) is 8.45. The van der Waals surface area contributed by atoms with Crippen LogP contribution in [0, 0.1) is 6.92 Å². The van der Waals surface area contributed by atoms with E-state index < -0.39 is 0 Å². The van der Waals surface area contributed by atoms with E-state index in [9.17, 15) is 0 Å². The third-order valence-electron chi connectivity index (χ3n) is 10.7. The van der Waals surface area contributed by atoms with Crippen LogP contribution in [-0.4, -0.2) is 14.5 Å². The minimum absolute atomic E-state index is 0.957. The van der Waals surface area contributed by atoms with Crippen LogP contribution < -0.4 is 0 Å². The fraction of sp³-hybridized carbons (Fsp3) is 0.0213. The van der Waals surface area contributed by atoms with E-state index in [1.165, 1.54) is 64.6 Å². The standard InChI is InChI=1S/C47H29N3/c1-28-49-42-26-32(21-23-43(42)50(28)36-11-3-2-4-12-36)34-20-22-41(48-27-34)35-24-33-19-18-31-9-6-14-38-37-13-5-8-29-16-17-30-10-7-15-39(46(30)44(29)37)40(25-35)47(33)45(31)38/h2-27H,1H3. The van der Waals surface area contributed by atoms with Gasteiger partial charge in [-0.05, 0) is 120 Å². The van der Waals surface area contributed by atoms with E-state index in [1.54, 1.807) is 0 Å². The van der Waals surface area contributed by atoms with Crippen molar-refractivity contribution in [2.75, 3.05) is 0 Å². The molecule has 0 fully saturated rings.